The smallest absolute Gasteiger partial charge is 0.345 e. The van der Waals surface area contributed by atoms with E-state index in [-0.39, 0.29) is 0 Å². The molecule has 1 N–H and O–H groups in total. The Morgan fingerprint density at radius 1 is 1.21 bits per heavy atom. The summed E-state index contributed by atoms with van der Waals surface area (Å²) >= 11 is 1.32. The van der Waals surface area contributed by atoms with Crippen LogP contribution in [0.25, 0.3) is 0 Å². The Kier molecular flexibility index (Phi) is 4.58. The summed E-state index contributed by atoms with van der Waals surface area (Å²) < 4.78 is 0. The lowest BCUT2D eigenvalue weighted by molar-refractivity contribution is 0.0702. The van der Waals surface area contributed by atoms with Crippen LogP contribution in [-0.2, 0) is 0 Å². The Labute approximate surface area is 117 Å². The maximum atomic E-state index is 11.0. The van der Waals surface area contributed by atoms with E-state index in [9.17, 15) is 4.79 Å². The molecule has 0 fully saturated rings. The number of thiophene rings is 1. The van der Waals surface area contributed by atoms with Crippen LogP contribution in [0, 0.1) is 0 Å². The lowest BCUT2D eigenvalue weighted by Gasteiger charge is -2.22. The van der Waals surface area contributed by atoms with E-state index in [1.54, 1.807) is 6.07 Å². The molecule has 0 spiro atoms. The van der Waals surface area contributed by atoms with Gasteiger partial charge in [0, 0.05) is 12.2 Å². The van der Waals surface area contributed by atoms with E-state index in [0.717, 1.165) is 30.1 Å². The van der Waals surface area contributed by atoms with Gasteiger partial charge in [-0.2, -0.15) is 0 Å². The summed E-state index contributed by atoms with van der Waals surface area (Å²) in [5, 5.41) is 10.0. The third kappa shape index (κ3) is 3.35. The van der Waals surface area contributed by atoms with Crippen molar-refractivity contribution in [1.29, 1.82) is 0 Å². The Morgan fingerprint density at radius 3 is 2.53 bits per heavy atom. The molecule has 4 heteroatoms. The maximum Gasteiger partial charge on any atom is 0.345 e. The Morgan fingerprint density at radius 2 is 1.95 bits per heavy atom. The van der Waals surface area contributed by atoms with Gasteiger partial charge in [0.05, 0.1) is 5.00 Å². The van der Waals surface area contributed by atoms with E-state index < -0.39 is 5.97 Å². The SMILES string of the molecule is CCCCN(c1ccccc1)c1ccc(C(=O)O)s1. The van der Waals surface area contributed by atoms with Gasteiger partial charge in [0.2, 0.25) is 0 Å². The van der Waals surface area contributed by atoms with Gasteiger partial charge in [0.15, 0.2) is 0 Å². The van der Waals surface area contributed by atoms with Gasteiger partial charge in [-0.05, 0) is 30.7 Å². The van der Waals surface area contributed by atoms with Crippen LogP contribution in [0.1, 0.15) is 29.4 Å². The van der Waals surface area contributed by atoms with Crippen molar-refractivity contribution in [1.82, 2.24) is 0 Å². The first kappa shape index (κ1) is 13.6. The highest BCUT2D eigenvalue weighted by atomic mass is 32.1. The number of unbranched alkanes of at least 4 members (excludes halogenated alkanes) is 1. The van der Waals surface area contributed by atoms with Crippen LogP contribution in [0.2, 0.25) is 0 Å². The number of carbonyl (C=O) groups is 1. The van der Waals surface area contributed by atoms with Gasteiger partial charge in [-0.15, -0.1) is 11.3 Å². The second kappa shape index (κ2) is 6.38. The number of hydrogen-bond acceptors (Lipinski definition) is 3. The second-order valence-electron chi connectivity index (χ2n) is 4.28. The summed E-state index contributed by atoms with van der Waals surface area (Å²) in [6.07, 6.45) is 2.19. The highest BCUT2D eigenvalue weighted by Crippen LogP contribution is 2.32. The molecule has 0 aliphatic rings. The average Bonchev–Trinajstić information content (AvgIpc) is 2.90. The number of anilines is 2. The van der Waals surface area contributed by atoms with Crippen molar-refractivity contribution in [3.05, 3.63) is 47.3 Å². The molecule has 0 bridgehead atoms. The summed E-state index contributed by atoms with van der Waals surface area (Å²) in [6.45, 7) is 3.06. The van der Waals surface area contributed by atoms with Gasteiger partial charge >= 0.3 is 5.97 Å². The fraction of sp³-hybridized carbons (Fsp3) is 0.267. The zero-order chi connectivity index (χ0) is 13.7. The highest BCUT2D eigenvalue weighted by molar-refractivity contribution is 7.17. The predicted molar refractivity (Wildman–Crippen MR) is 79.6 cm³/mol. The Bertz CT molecular complexity index is 536. The average molecular weight is 275 g/mol. The number of nitrogens with zero attached hydrogens (tertiary/aromatic N) is 1. The van der Waals surface area contributed by atoms with Crippen molar-refractivity contribution in [3.63, 3.8) is 0 Å². The van der Waals surface area contributed by atoms with E-state index >= 15 is 0 Å². The van der Waals surface area contributed by atoms with E-state index in [1.165, 1.54) is 11.3 Å². The van der Waals surface area contributed by atoms with E-state index in [1.807, 2.05) is 24.3 Å². The molecule has 0 saturated carbocycles. The molecule has 0 unspecified atom stereocenters. The number of carboxylic acid groups (broad SMARTS) is 1. The van der Waals surface area contributed by atoms with Crippen molar-refractivity contribution >= 4 is 28.0 Å². The molecule has 2 aromatic rings. The monoisotopic (exact) mass is 275 g/mol. The van der Waals surface area contributed by atoms with Gasteiger partial charge in [-0.25, -0.2) is 4.79 Å². The molecule has 19 heavy (non-hydrogen) atoms. The molecule has 3 nitrogen and oxygen atoms in total. The number of aromatic carboxylic acids is 1. The molecule has 0 aliphatic heterocycles. The standard InChI is InChI=1S/C15H17NO2S/c1-2-3-11-16(12-7-5-4-6-8-12)14-10-9-13(19-14)15(17)18/h4-10H,2-3,11H2,1H3,(H,17,18). The van der Waals surface area contributed by atoms with Gasteiger partial charge in [0.1, 0.15) is 4.88 Å². The van der Waals surface area contributed by atoms with Gasteiger partial charge in [0.25, 0.3) is 0 Å². The lowest BCUT2D eigenvalue weighted by Crippen LogP contribution is -2.16. The van der Waals surface area contributed by atoms with Gasteiger partial charge < -0.3 is 10.0 Å². The second-order valence-corrected chi connectivity index (χ2v) is 5.35. The number of para-hydroxylation sites is 1. The summed E-state index contributed by atoms with van der Waals surface area (Å²) in [6, 6.07) is 13.6. The summed E-state index contributed by atoms with van der Waals surface area (Å²) in [4.78, 5) is 13.5. The minimum atomic E-state index is -0.861. The van der Waals surface area contributed by atoms with Gasteiger partial charge in [-0.3, -0.25) is 0 Å². The van der Waals surface area contributed by atoms with Crippen LogP contribution < -0.4 is 4.90 Å². The van der Waals surface area contributed by atoms with Crippen molar-refractivity contribution in [3.8, 4) is 0 Å². The number of carboxylic acids is 1. The van der Waals surface area contributed by atoms with Crippen LogP contribution in [0.5, 0.6) is 0 Å². The molecule has 1 aromatic heterocycles. The first-order valence-corrected chi connectivity index (χ1v) is 7.19. The maximum absolute atomic E-state index is 11.0. The highest BCUT2D eigenvalue weighted by Gasteiger charge is 2.13. The fourth-order valence-corrected chi connectivity index (χ4v) is 2.77. The van der Waals surface area contributed by atoms with Crippen LogP contribution in [0.15, 0.2) is 42.5 Å². The molecular formula is C15H17NO2S. The van der Waals surface area contributed by atoms with Crippen LogP contribution >= 0.6 is 11.3 Å². The molecule has 1 aromatic carbocycles. The first-order valence-electron chi connectivity index (χ1n) is 6.38. The van der Waals surface area contributed by atoms with Crippen molar-refractivity contribution in [2.24, 2.45) is 0 Å². The molecule has 0 aliphatic carbocycles. The third-order valence-corrected chi connectivity index (χ3v) is 3.97. The molecule has 0 radical (unpaired) electrons. The van der Waals surface area contributed by atoms with Crippen LogP contribution in [0.4, 0.5) is 10.7 Å². The van der Waals surface area contributed by atoms with E-state index in [0.29, 0.717) is 4.88 Å². The van der Waals surface area contributed by atoms with Crippen molar-refractivity contribution < 1.29 is 9.90 Å². The molecule has 1 heterocycles. The number of hydrogen-bond donors (Lipinski definition) is 1. The topological polar surface area (TPSA) is 40.5 Å². The minimum absolute atomic E-state index is 0.382. The first-order chi connectivity index (χ1) is 9.22. The van der Waals surface area contributed by atoms with E-state index in [2.05, 4.69) is 24.0 Å². The minimum Gasteiger partial charge on any atom is -0.477 e. The Hall–Kier alpha value is -1.81. The zero-order valence-electron chi connectivity index (χ0n) is 10.9. The lowest BCUT2D eigenvalue weighted by atomic mass is 10.2. The quantitative estimate of drug-likeness (QED) is 0.850. The number of benzene rings is 1. The normalized spacial score (nSPS) is 10.4. The van der Waals surface area contributed by atoms with E-state index in [4.69, 9.17) is 5.11 Å². The molecule has 0 saturated heterocycles. The summed E-state index contributed by atoms with van der Waals surface area (Å²) in [5.74, 6) is -0.861. The Balaban J connectivity index is 2.28. The van der Waals surface area contributed by atoms with Crippen LogP contribution in [0.3, 0.4) is 0 Å². The van der Waals surface area contributed by atoms with Gasteiger partial charge in [-0.1, -0.05) is 31.5 Å². The third-order valence-electron chi connectivity index (χ3n) is 2.87. The van der Waals surface area contributed by atoms with Crippen molar-refractivity contribution in [2.75, 3.05) is 11.4 Å². The van der Waals surface area contributed by atoms with Crippen molar-refractivity contribution in [2.45, 2.75) is 19.8 Å². The largest absolute Gasteiger partial charge is 0.477 e. The number of rotatable bonds is 6. The summed E-state index contributed by atoms with van der Waals surface area (Å²) in [7, 11) is 0. The zero-order valence-corrected chi connectivity index (χ0v) is 11.7. The molecular weight excluding hydrogens is 258 g/mol. The fourth-order valence-electron chi connectivity index (χ4n) is 1.88. The molecule has 0 amide bonds. The predicted octanol–water partition coefficient (Wildman–Crippen LogP) is 4.38. The summed E-state index contributed by atoms with van der Waals surface area (Å²) in [5.41, 5.74) is 1.11. The van der Waals surface area contributed by atoms with Crippen LogP contribution in [-0.4, -0.2) is 17.6 Å². The molecule has 2 rings (SSSR count). The molecule has 0 atom stereocenters. The molecule has 100 valence electrons.